The molecule has 0 fully saturated rings. The van der Waals surface area contributed by atoms with Crippen molar-refractivity contribution >= 4 is 48.9 Å². The summed E-state index contributed by atoms with van der Waals surface area (Å²) >= 11 is 9.19. The fourth-order valence-electron chi connectivity index (χ4n) is 1.68. The Morgan fingerprint density at radius 2 is 1.90 bits per heavy atom. The second-order valence-corrected chi connectivity index (χ2v) is 7.17. The summed E-state index contributed by atoms with van der Waals surface area (Å²) in [5.41, 5.74) is 7.04. The third-order valence-electron chi connectivity index (χ3n) is 2.67. The van der Waals surface area contributed by atoms with Crippen molar-refractivity contribution in [2.24, 2.45) is 0 Å². The highest BCUT2D eigenvalue weighted by Gasteiger charge is 2.17. The van der Waals surface area contributed by atoms with E-state index in [-0.39, 0.29) is 4.90 Å². The number of rotatable bonds is 3. The molecule has 20 heavy (non-hydrogen) atoms. The Balaban J connectivity index is 2.40. The monoisotopic (exact) mass is 374 g/mol. The standard InChI is InChI=1S/C13H12BrClN2O2S/c1-8-2-3-9(16)6-13(8)20(18,19)17-10-4-5-11(14)12(15)7-10/h2-7,17H,16H2,1H3. The summed E-state index contributed by atoms with van der Waals surface area (Å²) in [6.07, 6.45) is 0. The number of sulfonamides is 1. The second-order valence-electron chi connectivity index (χ2n) is 4.26. The number of anilines is 2. The van der Waals surface area contributed by atoms with Crippen molar-refractivity contribution in [1.82, 2.24) is 0 Å². The first-order valence-corrected chi connectivity index (χ1v) is 8.29. The van der Waals surface area contributed by atoms with E-state index < -0.39 is 10.0 Å². The first kappa shape index (κ1) is 15.2. The van der Waals surface area contributed by atoms with Gasteiger partial charge in [0.25, 0.3) is 10.0 Å². The number of halogens is 2. The van der Waals surface area contributed by atoms with Crippen molar-refractivity contribution in [1.29, 1.82) is 0 Å². The number of nitrogens with two attached hydrogens (primary N) is 1. The van der Waals surface area contributed by atoms with Crippen molar-refractivity contribution in [2.45, 2.75) is 11.8 Å². The molecule has 0 atom stereocenters. The van der Waals surface area contributed by atoms with Gasteiger partial charge in [0.2, 0.25) is 0 Å². The number of benzene rings is 2. The Morgan fingerprint density at radius 1 is 1.20 bits per heavy atom. The average Bonchev–Trinajstić information content (AvgIpc) is 2.36. The number of nitrogen functional groups attached to an aromatic ring is 1. The smallest absolute Gasteiger partial charge is 0.262 e. The quantitative estimate of drug-likeness (QED) is 0.802. The van der Waals surface area contributed by atoms with Crippen LogP contribution in [0.25, 0.3) is 0 Å². The molecule has 0 amide bonds. The van der Waals surface area contributed by atoms with Crippen molar-refractivity contribution in [3.8, 4) is 0 Å². The van der Waals surface area contributed by atoms with Crippen LogP contribution in [-0.4, -0.2) is 8.42 Å². The lowest BCUT2D eigenvalue weighted by Gasteiger charge is -2.11. The van der Waals surface area contributed by atoms with Crippen LogP contribution in [0.4, 0.5) is 11.4 Å². The van der Waals surface area contributed by atoms with Gasteiger partial charge in [-0.3, -0.25) is 4.72 Å². The molecule has 0 radical (unpaired) electrons. The number of hydrogen-bond donors (Lipinski definition) is 2. The van der Waals surface area contributed by atoms with Crippen LogP contribution in [0.2, 0.25) is 5.02 Å². The van der Waals surface area contributed by atoms with Crippen molar-refractivity contribution in [2.75, 3.05) is 10.5 Å². The van der Waals surface area contributed by atoms with Gasteiger partial charge in [-0.25, -0.2) is 8.42 Å². The maximum atomic E-state index is 12.3. The maximum absolute atomic E-state index is 12.3. The molecule has 0 aliphatic heterocycles. The molecule has 0 saturated heterocycles. The molecule has 0 aromatic heterocycles. The molecular weight excluding hydrogens is 364 g/mol. The van der Waals surface area contributed by atoms with E-state index in [0.29, 0.717) is 26.4 Å². The molecule has 7 heteroatoms. The third-order valence-corrected chi connectivity index (χ3v) is 5.43. The topological polar surface area (TPSA) is 72.2 Å². The molecule has 2 aromatic rings. The Labute approximate surface area is 131 Å². The van der Waals surface area contributed by atoms with E-state index in [9.17, 15) is 8.42 Å². The van der Waals surface area contributed by atoms with Crippen LogP contribution in [0.5, 0.6) is 0 Å². The van der Waals surface area contributed by atoms with Crippen LogP contribution >= 0.6 is 27.5 Å². The van der Waals surface area contributed by atoms with Gasteiger partial charge in [0.1, 0.15) is 0 Å². The van der Waals surface area contributed by atoms with Crippen molar-refractivity contribution < 1.29 is 8.42 Å². The average molecular weight is 376 g/mol. The van der Waals surface area contributed by atoms with Gasteiger partial charge in [-0.05, 0) is 58.7 Å². The van der Waals surface area contributed by atoms with Gasteiger partial charge in [-0.2, -0.15) is 0 Å². The Bertz CT molecular complexity index is 763. The molecule has 0 aliphatic carbocycles. The SMILES string of the molecule is Cc1ccc(N)cc1S(=O)(=O)Nc1ccc(Br)c(Cl)c1. The summed E-state index contributed by atoms with van der Waals surface area (Å²) in [6, 6.07) is 9.58. The predicted molar refractivity (Wildman–Crippen MR) is 85.6 cm³/mol. The van der Waals surface area contributed by atoms with Gasteiger partial charge in [-0.15, -0.1) is 0 Å². The van der Waals surface area contributed by atoms with Gasteiger partial charge < -0.3 is 5.73 Å². The zero-order chi connectivity index (χ0) is 14.9. The van der Waals surface area contributed by atoms with E-state index in [1.165, 1.54) is 12.1 Å². The van der Waals surface area contributed by atoms with Crippen LogP contribution in [0.3, 0.4) is 0 Å². The lowest BCUT2D eigenvalue weighted by molar-refractivity contribution is 0.600. The second kappa shape index (κ2) is 5.63. The van der Waals surface area contributed by atoms with E-state index in [1.54, 1.807) is 31.2 Å². The zero-order valence-corrected chi connectivity index (χ0v) is 13.7. The van der Waals surface area contributed by atoms with Crippen LogP contribution in [-0.2, 0) is 10.0 Å². The van der Waals surface area contributed by atoms with E-state index in [2.05, 4.69) is 20.7 Å². The molecule has 0 unspecified atom stereocenters. The minimum Gasteiger partial charge on any atom is -0.399 e. The van der Waals surface area contributed by atoms with E-state index in [4.69, 9.17) is 17.3 Å². The minimum atomic E-state index is -3.70. The first-order chi connectivity index (χ1) is 9.29. The largest absolute Gasteiger partial charge is 0.399 e. The normalized spacial score (nSPS) is 11.3. The molecule has 4 nitrogen and oxygen atoms in total. The molecule has 3 N–H and O–H groups in total. The summed E-state index contributed by atoms with van der Waals surface area (Å²) in [4.78, 5) is 0.150. The molecule has 2 aromatic carbocycles. The summed E-state index contributed by atoms with van der Waals surface area (Å²) < 4.78 is 27.9. The molecule has 0 bridgehead atoms. The molecule has 0 saturated carbocycles. The number of nitrogens with one attached hydrogen (secondary N) is 1. The van der Waals surface area contributed by atoms with Gasteiger partial charge in [-0.1, -0.05) is 17.7 Å². The van der Waals surface area contributed by atoms with Gasteiger partial charge >= 0.3 is 0 Å². The predicted octanol–water partition coefficient (Wildman–Crippen LogP) is 3.79. The highest BCUT2D eigenvalue weighted by Crippen LogP contribution is 2.27. The van der Waals surface area contributed by atoms with E-state index >= 15 is 0 Å². The first-order valence-electron chi connectivity index (χ1n) is 5.63. The van der Waals surface area contributed by atoms with Crippen molar-refractivity contribution in [3.63, 3.8) is 0 Å². The minimum absolute atomic E-state index is 0.150. The van der Waals surface area contributed by atoms with Crippen LogP contribution < -0.4 is 10.5 Å². The summed E-state index contributed by atoms with van der Waals surface area (Å²) in [5, 5.41) is 0.425. The molecule has 0 aliphatic rings. The molecule has 0 spiro atoms. The zero-order valence-electron chi connectivity index (χ0n) is 10.5. The highest BCUT2D eigenvalue weighted by atomic mass is 79.9. The Morgan fingerprint density at radius 3 is 2.55 bits per heavy atom. The van der Waals surface area contributed by atoms with Gasteiger partial charge in [0.05, 0.1) is 15.6 Å². The fraction of sp³-hybridized carbons (Fsp3) is 0.0769. The van der Waals surface area contributed by atoms with Crippen LogP contribution in [0, 0.1) is 6.92 Å². The maximum Gasteiger partial charge on any atom is 0.262 e. The molecule has 0 heterocycles. The Kier molecular flexibility index (Phi) is 4.27. The molecular formula is C13H12BrClN2O2S. The third kappa shape index (κ3) is 3.26. The van der Waals surface area contributed by atoms with Crippen LogP contribution in [0.15, 0.2) is 45.8 Å². The van der Waals surface area contributed by atoms with Gasteiger partial charge in [0.15, 0.2) is 0 Å². The van der Waals surface area contributed by atoms with Crippen molar-refractivity contribution in [3.05, 3.63) is 51.5 Å². The van der Waals surface area contributed by atoms with Gasteiger partial charge in [0, 0.05) is 10.2 Å². The number of aryl methyl sites for hydroxylation is 1. The summed E-state index contributed by atoms with van der Waals surface area (Å²) in [5.74, 6) is 0. The molecule has 106 valence electrons. The van der Waals surface area contributed by atoms with E-state index in [1.807, 2.05) is 0 Å². The fourth-order valence-corrected chi connectivity index (χ4v) is 3.43. The van der Waals surface area contributed by atoms with E-state index in [0.717, 1.165) is 0 Å². The molecule has 2 rings (SSSR count). The highest BCUT2D eigenvalue weighted by molar-refractivity contribution is 9.10. The van der Waals surface area contributed by atoms with Crippen LogP contribution in [0.1, 0.15) is 5.56 Å². The Hall–Kier alpha value is -1.24. The summed E-state index contributed by atoms with van der Waals surface area (Å²) in [6.45, 7) is 1.71. The lowest BCUT2D eigenvalue weighted by atomic mass is 10.2. The summed E-state index contributed by atoms with van der Waals surface area (Å²) in [7, 11) is -3.70. The number of hydrogen-bond acceptors (Lipinski definition) is 3. The lowest BCUT2D eigenvalue weighted by Crippen LogP contribution is -2.14.